The van der Waals surface area contributed by atoms with Crippen LogP contribution in [-0.4, -0.2) is 24.3 Å². The van der Waals surface area contributed by atoms with E-state index in [2.05, 4.69) is 16.4 Å². The molecule has 118 valence electrons. The molecule has 2 fully saturated rings. The number of amides is 2. The number of anilines is 1. The highest BCUT2D eigenvalue weighted by Gasteiger charge is 2.34. The van der Waals surface area contributed by atoms with E-state index in [0.717, 1.165) is 29.6 Å². The number of allylic oxidation sites excluding steroid dienone is 1. The molecule has 0 bridgehead atoms. The van der Waals surface area contributed by atoms with Gasteiger partial charge in [0.25, 0.3) is 0 Å². The fourth-order valence-electron chi connectivity index (χ4n) is 2.25. The van der Waals surface area contributed by atoms with Crippen molar-refractivity contribution in [3.05, 3.63) is 28.5 Å². The van der Waals surface area contributed by atoms with Gasteiger partial charge in [0.2, 0.25) is 0 Å². The third kappa shape index (κ3) is 2.78. The standard InChI is InChI=1S/C13H18N6O2S/c1-18-13(20)19(17-16-18)12-9(6-21-11(15)4-5-14)10(7-22-12)8-2-3-8/h4-5,7-8,14,16-17H,2-3,6,15H2,1H3. The van der Waals surface area contributed by atoms with Gasteiger partial charge in [-0.2, -0.15) is 5.01 Å². The number of carbonyl (C=O) groups is 1. The van der Waals surface area contributed by atoms with Gasteiger partial charge in [0.05, 0.1) is 0 Å². The van der Waals surface area contributed by atoms with Gasteiger partial charge in [0.15, 0.2) is 5.88 Å². The molecule has 1 aromatic rings. The lowest BCUT2D eigenvalue weighted by molar-refractivity contribution is 0.196. The van der Waals surface area contributed by atoms with Crippen LogP contribution in [0, 0.1) is 5.41 Å². The molecule has 22 heavy (non-hydrogen) atoms. The smallest absolute Gasteiger partial charge is 0.356 e. The first-order valence-electron chi connectivity index (χ1n) is 6.90. The average Bonchev–Trinajstić information content (AvgIpc) is 3.18. The number of rotatable bonds is 6. The molecule has 8 nitrogen and oxygen atoms in total. The van der Waals surface area contributed by atoms with Crippen molar-refractivity contribution >= 4 is 28.6 Å². The fourth-order valence-corrected chi connectivity index (χ4v) is 3.37. The molecule has 1 saturated heterocycles. The van der Waals surface area contributed by atoms with Crippen molar-refractivity contribution in [1.82, 2.24) is 16.1 Å². The van der Waals surface area contributed by atoms with Crippen LogP contribution < -0.4 is 21.8 Å². The summed E-state index contributed by atoms with van der Waals surface area (Å²) in [7, 11) is 1.64. The number of ether oxygens (including phenoxy) is 1. The minimum Gasteiger partial charge on any atom is -0.474 e. The van der Waals surface area contributed by atoms with Crippen molar-refractivity contribution in [1.29, 1.82) is 5.41 Å². The molecule has 1 aromatic heterocycles. The summed E-state index contributed by atoms with van der Waals surface area (Å²) in [6.45, 7) is 0.274. The summed E-state index contributed by atoms with van der Waals surface area (Å²) in [6, 6.07) is -0.187. The zero-order valence-electron chi connectivity index (χ0n) is 12.1. The third-order valence-electron chi connectivity index (χ3n) is 3.56. The van der Waals surface area contributed by atoms with Gasteiger partial charge in [-0.3, -0.25) is 0 Å². The van der Waals surface area contributed by atoms with E-state index in [1.165, 1.54) is 33.0 Å². The van der Waals surface area contributed by atoms with Gasteiger partial charge in [-0.05, 0) is 29.7 Å². The SMILES string of the molecule is CN1NNN(c2scc(C3CC3)c2COC(N)=CC=N)C1=O. The van der Waals surface area contributed by atoms with Crippen molar-refractivity contribution in [2.75, 3.05) is 12.1 Å². The molecule has 0 spiro atoms. The fraction of sp³-hybridized carbons (Fsp3) is 0.385. The zero-order valence-corrected chi connectivity index (χ0v) is 12.9. The Bertz CT molecular complexity index is 624. The molecular weight excluding hydrogens is 304 g/mol. The van der Waals surface area contributed by atoms with Crippen LogP contribution in [0.1, 0.15) is 29.9 Å². The summed E-state index contributed by atoms with van der Waals surface area (Å²) >= 11 is 1.50. The van der Waals surface area contributed by atoms with Crippen molar-refractivity contribution in [2.24, 2.45) is 5.73 Å². The second kappa shape index (κ2) is 5.95. The Hall–Kier alpha value is -2.10. The molecule has 2 heterocycles. The summed E-state index contributed by atoms with van der Waals surface area (Å²) in [5, 5.41) is 12.7. The number of carbonyl (C=O) groups excluding carboxylic acids is 1. The maximum atomic E-state index is 12.1. The first-order valence-corrected chi connectivity index (χ1v) is 7.78. The molecule has 9 heteroatoms. The summed E-state index contributed by atoms with van der Waals surface area (Å²) < 4.78 is 5.50. The maximum absolute atomic E-state index is 12.1. The maximum Gasteiger partial charge on any atom is 0.356 e. The lowest BCUT2D eigenvalue weighted by Gasteiger charge is -2.15. The number of nitrogens with zero attached hydrogens (tertiary/aromatic N) is 2. The lowest BCUT2D eigenvalue weighted by Crippen LogP contribution is -2.37. The number of nitrogens with two attached hydrogens (primary N) is 1. The highest BCUT2D eigenvalue weighted by Crippen LogP contribution is 2.47. The molecule has 0 aromatic carbocycles. The van der Waals surface area contributed by atoms with Crippen LogP contribution in [-0.2, 0) is 11.3 Å². The predicted octanol–water partition coefficient (Wildman–Crippen LogP) is 1.39. The number of nitrogens with one attached hydrogen (secondary N) is 3. The molecule has 0 radical (unpaired) electrons. The van der Waals surface area contributed by atoms with E-state index in [1.807, 2.05) is 0 Å². The summed E-state index contributed by atoms with van der Waals surface area (Å²) in [5.41, 5.74) is 13.4. The molecule has 2 aliphatic rings. The number of hydrogen-bond donors (Lipinski definition) is 4. The second-order valence-corrected chi connectivity index (χ2v) is 6.03. The normalized spacial score (nSPS) is 19.0. The molecule has 1 saturated carbocycles. The monoisotopic (exact) mass is 322 g/mol. The van der Waals surface area contributed by atoms with Crippen LogP contribution >= 0.6 is 11.3 Å². The van der Waals surface area contributed by atoms with E-state index >= 15 is 0 Å². The number of hydrazine groups is 3. The minimum atomic E-state index is -0.187. The van der Waals surface area contributed by atoms with Gasteiger partial charge < -0.3 is 15.9 Å². The van der Waals surface area contributed by atoms with Crippen molar-refractivity contribution in [3.8, 4) is 0 Å². The summed E-state index contributed by atoms with van der Waals surface area (Å²) in [6.07, 6.45) is 4.79. The van der Waals surface area contributed by atoms with E-state index in [0.29, 0.717) is 5.92 Å². The topological polar surface area (TPSA) is 107 Å². The molecular formula is C13H18N6O2S. The molecule has 1 aliphatic carbocycles. The molecule has 1 aliphatic heterocycles. The van der Waals surface area contributed by atoms with Crippen LogP contribution in [0.5, 0.6) is 0 Å². The van der Waals surface area contributed by atoms with Gasteiger partial charge in [-0.25, -0.2) is 9.80 Å². The van der Waals surface area contributed by atoms with E-state index < -0.39 is 0 Å². The highest BCUT2D eigenvalue weighted by molar-refractivity contribution is 7.14. The number of thiophene rings is 1. The highest BCUT2D eigenvalue weighted by atomic mass is 32.1. The van der Waals surface area contributed by atoms with Crippen LogP contribution in [0.15, 0.2) is 17.3 Å². The van der Waals surface area contributed by atoms with E-state index in [9.17, 15) is 4.79 Å². The third-order valence-corrected chi connectivity index (χ3v) is 4.59. The summed E-state index contributed by atoms with van der Waals surface area (Å²) in [5.74, 6) is 0.727. The van der Waals surface area contributed by atoms with Gasteiger partial charge in [-0.15, -0.1) is 22.4 Å². The number of hydrogen-bond acceptors (Lipinski definition) is 7. The molecule has 3 rings (SSSR count). The van der Waals surface area contributed by atoms with E-state index in [-0.39, 0.29) is 18.5 Å². The first-order chi connectivity index (χ1) is 10.6. The first kappa shape index (κ1) is 14.8. The van der Waals surface area contributed by atoms with Crippen LogP contribution in [0.3, 0.4) is 0 Å². The Labute approximate surface area is 131 Å². The quantitative estimate of drug-likeness (QED) is 0.468. The Morgan fingerprint density at radius 1 is 1.59 bits per heavy atom. The van der Waals surface area contributed by atoms with Gasteiger partial charge in [0, 0.05) is 24.9 Å². The van der Waals surface area contributed by atoms with Crippen LogP contribution in [0.25, 0.3) is 0 Å². The van der Waals surface area contributed by atoms with Gasteiger partial charge in [0.1, 0.15) is 11.6 Å². The largest absolute Gasteiger partial charge is 0.474 e. The van der Waals surface area contributed by atoms with Crippen molar-refractivity contribution < 1.29 is 9.53 Å². The van der Waals surface area contributed by atoms with E-state index in [1.54, 1.807) is 7.05 Å². The average molecular weight is 322 g/mol. The lowest BCUT2D eigenvalue weighted by atomic mass is 10.1. The van der Waals surface area contributed by atoms with Crippen LogP contribution in [0.4, 0.5) is 9.80 Å². The van der Waals surface area contributed by atoms with Crippen LogP contribution in [0.2, 0.25) is 0 Å². The Kier molecular flexibility index (Phi) is 4.01. The molecule has 0 atom stereocenters. The number of urea groups is 1. The molecule has 5 N–H and O–H groups in total. The molecule has 2 amide bonds. The Morgan fingerprint density at radius 2 is 2.36 bits per heavy atom. The minimum absolute atomic E-state index is 0.185. The summed E-state index contributed by atoms with van der Waals surface area (Å²) in [4.78, 5) is 12.1. The molecule has 0 unspecified atom stereocenters. The van der Waals surface area contributed by atoms with Gasteiger partial charge >= 0.3 is 6.03 Å². The van der Waals surface area contributed by atoms with Crippen molar-refractivity contribution in [2.45, 2.75) is 25.4 Å². The Morgan fingerprint density at radius 3 is 2.95 bits per heavy atom. The van der Waals surface area contributed by atoms with E-state index in [4.69, 9.17) is 15.9 Å². The van der Waals surface area contributed by atoms with Crippen molar-refractivity contribution in [3.63, 3.8) is 0 Å². The zero-order chi connectivity index (χ0) is 15.7. The Balaban J connectivity index is 1.85. The second-order valence-electron chi connectivity index (χ2n) is 5.17. The van der Waals surface area contributed by atoms with Gasteiger partial charge in [-0.1, -0.05) is 0 Å². The predicted molar refractivity (Wildman–Crippen MR) is 84.0 cm³/mol.